The summed E-state index contributed by atoms with van der Waals surface area (Å²) < 4.78 is 18.5. The minimum Gasteiger partial charge on any atom is -0.459 e. The fraction of sp³-hybridized carbons (Fsp3) is 0.438. The molecular weight excluding hydrogens is 287 g/mol. The number of carbonyl (C=O) groups is 2. The highest BCUT2D eigenvalue weighted by Gasteiger charge is 2.25. The van der Waals surface area contributed by atoms with Gasteiger partial charge in [0.1, 0.15) is 18.5 Å². The van der Waals surface area contributed by atoms with Crippen molar-refractivity contribution in [1.29, 1.82) is 5.26 Å². The van der Waals surface area contributed by atoms with Crippen LogP contribution in [0.15, 0.2) is 18.2 Å². The highest BCUT2D eigenvalue weighted by molar-refractivity contribution is 5.87. The van der Waals surface area contributed by atoms with Gasteiger partial charge < -0.3 is 10.1 Å². The van der Waals surface area contributed by atoms with Gasteiger partial charge >= 0.3 is 5.97 Å². The van der Waals surface area contributed by atoms with Gasteiger partial charge in [-0.05, 0) is 25.1 Å². The van der Waals surface area contributed by atoms with Gasteiger partial charge in [0.2, 0.25) is 5.91 Å². The molecule has 118 valence electrons. The Hall–Kier alpha value is -2.42. The summed E-state index contributed by atoms with van der Waals surface area (Å²) in [6.07, 6.45) is 0. The number of nitrogens with zero attached hydrogens (tertiary/aromatic N) is 1. The lowest BCUT2D eigenvalue weighted by molar-refractivity contribution is -0.149. The second kappa shape index (κ2) is 7.03. The molecule has 1 rings (SSSR count). The van der Waals surface area contributed by atoms with Crippen molar-refractivity contribution in [1.82, 2.24) is 5.32 Å². The zero-order chi connectivity index (χ0) is 16.9. The maximum absolute atomic E-state index is 13.6. The van der Waals surface area contributed by atoms with Crippen LogP contribution in [0.2, 0.25) is 0 Å². The molecule has 0 radical (unpaired) electrons. The summed E-state index contributed by atoms with van der Waals surface area (Å²) in [5, 5.41) is 11.3. The number of benzene rings is 1. The van der Waals surface area contributed by atoms with Gasteiger partial charge in [-0.3, -0.25) is 4.79 Å². The molecule has 1 amide bonds. The molecule has 0 aromatic heterocycles. The maximum Gasteiger partial charge on any atom is 0.328 e. The fourth-order valence-corrected chi connectivity index (χ4v) is 1.50. The van der Waals surface area contributed by atoms with Crippen molar-refractivity contribution >= 4 is 11.9 Å². The summed E-state index contributed by atoms with van der Waals surface area (Å²) in [5.41, 5.74) is -0.231. The predicted octanol–water partition coefficient (Wildman–Crippen LogP) is 2.29. The summed E-state index contributed by atoms with van der Waals surface area (Å²) in [6, 6.07) is 4.85. The lowest BCUT2D eigenvalue weighted by Crippen LogP contribution is -2.44. The third-order valence-electron chi connectivity index (χ3n) is 2.93. The molecule has 0 saturated carbocycles. The van der Waals surface area contributed by atoms with Crippen LogP contribution in [0.25, 0.3) is 0 Å². The number of carbonyl (C=O) groups excluding carboxylic acids is 2. The topological polar surface area (TPSA) is 79.2 Å². The first kappa shape index (κ1) is 17.6. The van der Waals surface area contributed by atoms with Crippen LogP contribution in [0.4, 0.5) is 4.39 Å². The Morgan fingerprint density at radius 1 is 1.41 bits per heavy atom. The van der Waals surface area contributed by atoms with E-state index in [2.05, 4.69) is 5.32 Å². The fourth-order valence-electron chi connectivity index (χ4n) is 1.50. The Morgan fingerprint density at radius 2 is 2.05 bits per heavy atom. The summed E-state index contributed by atoms with van der Waals surface area (Å²) in [6.45, 7) is 6.37. The van der Waals surface area contributed by atoms with Crippen LogP contribution in [0.1, 0.15) is 38.8 Å². The number of rotatable bonds is 4. The number of esters is 1. The van der Waals surface area contributed by atoms with Gasteiger partial charge in [-0.1, -0.05) is 20.8 Å². The van der Waals surface area contributed by atoms with E-state index in [1.807, 2.05) is 6.07 Å². The molecule has 1 aromatic rings. The summed E-state index contributed by atoms with van der Waals surface area (Å²) in [7, 11) is 0. The summed E-state index contributed by atoms with van der Waals surface area (Å²) in [4.78, 5) is 23.6. The van der Waals surface area contributed by atoms with Crippen molar-refractivity contribution in [2.75, 3.05) is 0 Å². The zero-order valence-corrected chi connectivity index (χ0v) is 13.1. The molecule has 22 heavy (non-hydrogen) atoms. The number of nitriles is 1. The van der Waals surface area contributed by atoms with E-state index in [1.54, 1.807) is 20.8 Å². The first-order valence-corrected chi connectivity index (χ1v) is 6.81. The van der Waals surface area contributed by atoms with Crippen LogP contribution < -0.4 is 5.32 Å². The van der Waals surface area contributed by atoms with Gasteiger partial charge in [-0.2, -0.15) is 5.26 Å². The quantitative estimate of drug-likeness (QED) is 0.866. The number of hydrogen-bond acceptors (Lipinski definition) is 4. The predicted molar refractivity (Wildman–Crippen MR) is 78.0 cm³/mol. The van der Waals surface area contributed by atoms with Gasteiger partial charge in [0.05, 0.1) is 11.6 Å². The van der Waals surface area contributed by atoms with E-state index >= 15 is 0 Å². The average Bonchev–Trinajstić information content (AvgIpc) is 2.44. The largest absolute Gasteiger partial charge is 0.459 e. The molecule has 0 spiro atoms. The third-order valence-corrected chi connectivity index (χ3v) is 2.93. The van der Waals surface area contributed by atoms with Crippen molar-refractivity contribution in [3.8, 4) is 6.07 Å². The molecular formula is C16H19FN2O3. The molecule has 0 fully saturated rings. The molecule has 1 atom stereocenters. The number of halogens is 1. The Kier molecular flexibility index (Phi) is 5.63. The molecule has 0 aliphatic carbocycles. The molecule has 0 aliphatic heterocycles. The van der Waals surface area contributed by atoms with Crippen LogP contribution in [-0.2, 0) is 20.9 Å². The monoisotopic (exact) mass is 306 g/mol. The standard InChI is InChI=1S/C16H19FN2O3/c1-10(19-15(21)16(2,3)4)14(20)22-9-12-7-11(8-18)5-6-13(12)17/h5-7,10H,9H2,1-4H3,(H,19,21). The highest BCUT2D eigenvalue weighted by Crippen LogP contribution is 2.14. The lowest BCUT2D eigenvalue weighted by Gasteiger charge is -2.21. The van der Waals surface area contributed by atoms with E-state index in [0.717, 1.165) is 6.07 Å². The van der Waals surface area contributed by atoms with Crippen LogP contribution >= 0.6 is 0 Å². The van der Waals surface area contributed by atoms with Crippen molar-refractivity contribution in [3.63, 3.8) is 0 Å². The van der Waals surface area contributed by atoms with Crippen molar-refractivity contribution in [3.05, 3.63) is 35.1 Å². The van der Waals surface area contributed by atoms with E-state index in [9.17, 15) is 14.0 Å². The second-order valence-corrected chi connectivity index (χ2v) is 5.97. The van der Waals surface area contributed by atoms with Crippen LogP contribution in [-0.4, -0.2) is 17.9 Å². The minimum absolute atomic E-state index is 0.113. The lowest BCUT2D eigenvalue weighted by atomic mass is 9.95. The molecule has 0 bridgehead atoms. The SMILES string of the molecule is CC(NC(=O)C(C)(C)C)C(=O)OCc1cc(C#N)ccc1F. The van der Waals surface area contributed by atoms with E-state index in [0.29, 0.717) is 0 Å². The third kappa shape index (κ3) is 4.85. The molecule has 0 aliphatic rings. The number of amides is 1. The van der Waals surface area contributed by atoms with Gasteiger partial charge in [0, 0.05) is 11.0 Å². The molecule has 1 N–H and O–H groups in total. The van der Waals surface area contributed by atoms with Crippen LogP contribution in [0, 0.1) is 22.6 Å². The normalized spacial score (nSPS) is 12.2. The number of hydrogen-bond donors (Lipinski definition) is 1. The van der Waals surface area contributed by atoms with E-state index in [4.69, 9.17) is 10.00 Å². The van der Waals surface area contributed by atoms with Crippen molar-refractivity contribution in [2.45, 2.75) is 40.3 Å². The van der Waals surface area contributed by atoms with Crippen LogP contribution in [0.3, 0.4) is 0 Å². The minimum atomic E-state index is -0.839. The van der Waals surface area contributed by atoms with E-state index < -0.39 is 23.2 Å². The van der Waals surface area contributed by atoms with Gasteiger partial charge in [-0.25, -0.2) is 9.18 Å². The van der Waals surface area contributed by atoms with E-state index in [-0.39, 0.29) is 23.6 Å². The maximum atomic E-state index is 13.6. The molecule has 5 nitrogen and oxygen atoms in total. The Morgan fingerprint density at radius 3 is 2.59 bits per heavy atom. The van der Waals surface area contributed by atoms with Gasteiger partial charge in [0.25, 0.3) is 0 Å². The van der Waals surface area contributed by atoms with Crippen molar-refractivity contribution < 1.29 is 18.7 Å². The average molecular weight is 306 g/mol. The number of ether oxygens (including phenoxy) is 1. The van der Waals surface area contributed by atoms with Gasteiger partial charge in [0.15, 0.2) is 0 Å². The highest BCUT2D eigenvalue weighted by atomic mass is 19.1. The Bertz CT molecular complexity index is 615. The molecule has 0 saturated heterocycles. The first-order valence-electron chi connectivity index (χ1n) is 6.81. The summed E-state index contributed by atoms with van der Waals surface area (Å²) >= 11 is 0. The van der Waals surface area contributed by atoms with Gasteiger partial charge in [-0.15, -0.1) is 0 Å². The van der Waals surface area contributed by atoms with E-state index in [1.165, 1.54) is 19.1 Å². The first-order chi connectivity index (χ1) is 10.1. The number of nitrogens with one attached hydrogen (secondary N) is 1. The van der Waals surface area contributed by atoms with Crippen molar-refractivity contribution in [2.24, 2.45) is 5.41 Å². The molecule has 6 heteroatoms. The molecule has 1 unspecified atom stereocenters. The smallest absolute Gasteiger partial charge is 0.328 e. The zero-order valence-electron chi connectivity index (χ0n) is 13.1. The Labute approximate surface area is 129 Å². The molecule has 0 heterocycles. The second-order valence-electron chi connectivity index (χ2n) is 5.97. The Balaban J connectivity index is 2.63. The molecule has 1 aromatic carbocycles. The van der Waals surface area contributed by atoms with Crippen LogP contribution in [0.5, 0.6) is 0 Å². The summed E-state index contributed by atoms with van der Waals surface area (Å²) in [5.74, 6) is -1.51.